The van der Waals surface area contributed by atoms with Crippen LogP contribution in [0.3, 0.4) is 0 Å². The van der Waals surface area contributed by atoms with E-state index in [2.05, 4.69) is 12.1 Å². The third-order valence-corrected chi connectivity index (χ3v) is 5.80. The monoisotopic (exact) mass is 377 g/mol. The first-order chi connectivity index (χ1) is 14.1. The number of hydrogen-bond donors (Lipinski definition) is 0. The summed E-state index contributed by atoms with van der Waals surface area (Å²) in [6.45, 7) is 0. The molecule has 0 saturated carbocycles. The molecule has 4 nitrogen and oxygen atoms in total. The molecule has 2 amide bonds. The van der Waals surface area contributed by atoms with Gasteiger partial charge in [0.1, 0.15) is 11.2 Å². The van der Waals surface area contributed by atoms with Crippen molar-refractivity contribution in [3.8, 4) is 11.1 Å². The largest absolute Gasteiger partial charge is 0.456 e. The van der Waals surface area contributed by atoms with Crippen molar-refractivity contribution < 1.29 is 14.0 Å². The van der Waals surface area contributed by atoms with Gasteiger partial charge in [-0.3, -0.25) is 14.5 Å². The fourth-order valence-electron chi connectivity index (χ4n) is 4.45. The molecule has 0 spiro atoms. The number of furan rings is 1. The second-order valence-electron chi connectivity index (χ2n) is 7.34. The minimum absolute atomic E-state index is 0.266. The van der Waals surface area contributed by atoms with Crippen molar-refractivity contribution in [2.45, 2.75) is 0 Å². The molecule has 29 heavy (non-hydrogen) atoms. The number of para-hydroxylation sites is 1. The molecule has 1 aromatic heterocycles. The fourth-order valence-corrected chi connectivity index (χ4v) is 4.45. The maximum Gasteiger partial charge on any atom is 0.261 e. The van der Waals surface area contributed by atoms with Crippen molar-refractivity contribution >= 4 is 44.5 Å². The predicted octanol–water partition coefficient (Wildman–Crippen LogP) is 5.63. The summed E-state index contributed by atoms with van der Waals surface area (Å²) >= 11 is 0. The lowest BCUT2D eigenvalue weighted by Crippen LogP contribution is -2.36. The van der Waals surface area contributed by atoms with Crippen LogP contribution in [0.5, 0.6) is 0 Å². The Morgan fingerprint density at radius 1 is 0.586 bits per heavy atom. The second-order valence-corrected chi connectivity index (χ2v) is 7.34. The van der Waals surface area contributed by atoms with Gasteiger partial charge < -0.3 is 4.42 Å². The van der Waals surface area contributed by atoms with E-state index in [-0.39, 0.29) is 11.8 Å². The zero-order valence-electron chi connectivity index (χ0n) is 15.6. The third-order valence-electron chi connectivity index (χ3n) is 5.80. The number of nitrogens with zero attached hydrogens (tertiary/aromatic N) is 1. The van der Waals surface area contributed by atoms with Crippen LogP contribution in [0.1, 0.15) is 20.7 Å². The van der Waals surface area contributed by atoms with Crippen molar-refractivity contribution in [3.05, 3.63) is 83.9 Å². The van der Waals surface area contributed by atoms with Crippen LogP contribution in [0.15, 0.2) is 77.2 Å². The Labute approximate surface area is 165 Å². The molecule has 5 aromatic rings. The van der Waals surface area contributed by atoms with Gasteiger partial charge in [0.2, 0.25) is 0 Å². The molecule has 4 aromatic carbocycles. The molecule has 0 atom stereocenters. The van der Waals surface area contributed by atoms with Gasteiger partial charge in [0.15, 0.2) is 0 Å². The van der Waals surface area contributed by atoms with E-state index in [9.17, 15) is 9.59 Å². The molecule has 1 aliphatic rings. The maximum atomic E-state index is 12.7. The molecule has 4 heteroatoms. The molecule has 2 heterocycles. The van der Waals surface area contributed by atoms with Crippen LogP contribution in [-0.4, -0.2) is 23.8 Å². The Balaban J connectivity index is 1.76. The average Bonchev–Trinajstić information content (AvgIpc) is 3.14. The number of carbonyl (C=O) groups excluding carboxylic acids is 2. The van der Waals surface area contributed by atoms with Gasteiger partial charge in [-0.2, -0.15) is 0 Å². The van der Waals surface area contributed by atoms with E-state index in [1.165, 1.54) is 11.9 Å². The summed E-state index contributed by atoms with van der Waals surface area (Å²) in [7, 11) is 1.53. The van der Waals surface area contributed by atoms with Crippen LogP contribution in [0.4, 0.5) is 0 Å². The second kappa shape index (κ2) is 5.55. The molecule has 0 N–H and O–H groups in total. The van der Waals surface area contributed by atoms with Gasteiger partial charge in [0.25, 0.3) is 11.8 Å². The van der Waals surface area contributed by atoms with Gasteiger partial charge in [-0.1, -0.05) is 48.5 Å². The zero-order valence-corrected chi connectivity index (χ0v) is 15.6. The molecule has 6 rings (SSSR count). The summed E-state index contributed by atoms with van der Waals surface area (Å²) in [6, 6.07) is 23.4. The van der Waals surface area contributed by atoms with Gasteiger partial charge in [-0.15, -0.1) is 0 Å². The van der Waals surface area contributed by atoms with E-state index in [1.807, 2.05) is 54.6 Å². The topological polar surface area (TPSA) is 50.5 Å². The standard InChI is InChI=1S/C25H15NO3/c1-26-24(27)18-9-4-7-15-14(12-13-19(22(15)18)25(26)28)16-8-5-11-21-23(16)17-6-2-3-10-20(17)29-21/h2-13H,1H3. The number of rotatable bonds is 1. The summed E-state index contributed by atoms with van der Waals surface area (Å²) in [4.78, 5) is 26.6. The smallest absolute Gasteiger partial charge is 0.261 e. The predicted molar refractivity (Wildman–Crippen MR) is 113 cm³/mol. The number of amides is 2. The Bertz CT molecular complexity index is 1490. The summed E-state index contributed by atoms with van der Waals surface area (Å²) < 4.78 is 6.04. The quantitative estimate of drug-likeness (QED) is 0.356. The SMILES string of the molecule is CN1C(=O)c2cccc3c(-c4cccc5oc6ccccc6c45)ccc(c23)C1=O. The maximum absolute atomic E-state index is 12.7. The van der Waals surface area contributed by atoms with E-state index in [0.717, 1.165) is 43.8 Å². The fraction of sp³-hybridized carbons (Fsp3) is 0.0400. The highest BCUT2D eigenvalue weighted by Crippen LogP contribution is 2.41. The van der Waals surface area contributed by atoms with Gasteiger partial charge in [0, 0.05) is 34.3 Å². The van der Waals surface area contributed by atoms with E-state index >= 15 is 0 Å². The first-order valence-electron chi connectivity index (χ1n) is 9.44. The zero-order chi connectivity index (χ0) is 19.7. The van der Waals surface area contributed by atoms with Crippen molar-refractivity contribution in [3.63, 3.8) is 0 Å². The van der Waals surface area contributed by atoms with Crippen molar-refractivity contribution in [2.75, 3.05) is 7.05 Å². The summed E-state index contributed by atoms with van der Waals surface area (Å²) in [6.07, 6.45) is 0. The van der Waals surface area contributed by atoms with Crippen LogP contribution in [-0.2, 0) is 0 Å². The highest BCUT2D eigenvalue weighted by molar-refractivity contribution is 6.27. The summed E-state index contributed by atoms with van der Waals surface area (Å²) in [5.74, 6) is -0.533. The highest BCUT2D eigenvalue weighted by atomic mass is 16.3. The number of carbonyl (C=O) groups is 2. The molecular weight excluding hydrogens is 362 g/mol. The molecule has 0 unspecified atom stereocenters. The normalized spacial score (nSPS) is 13.8. The molecular formula is C25H15NO3. The summed E-state index contributed by atoms with van der Waals surface area (Å²) in [5.41, 5.74) is 4.78. The van der Waals surface area contributed by atoms with Crippen LogP contribution >= 0.6 is 0 Å². The Morgan fingerprint density at radius 2 is 1.21 bits per heavy atom. The summed E-state index contributed by atoms with van der Waals surface area (Å²) in [5, 5.41) is 3.70. The first kappa shape index (κ1) is 16.1. The lowest BCUT2D eigenvalue weighted by molar-refractivity contribution is 0.0650. The van der Waals surface area contributed by atoms with E-state index < -0.39 is 0 Å². The lowest BCUT2D eigenvalue weighted by atomic mass is 9.88. The molecule has 0 radical (unpaired) electrons. The molecule has 138 valence electrons. The Morgan fingerprint density at radius 3 is 2.07 bits per heavy atom. The lowest BCUT2D eigenvalue weighted by Gasteiger charge is -2.24. The van der Waals surface area contributed by atoms with Gasteiger partial charge in [-0.05, 0) is 40.8 Å². The van der Waals surface area contributed by atoms with Crippen molar-refractivity contribution in [1.29, 1.82) is 0 Å². The average molecular weight is 377 g/mol. The number of fused-ring (bicyclic) bond motifs is 3. The van der Waals surface area contributed by atoms with Crippen molar-refractivity contribution in [2.24, 2.45) is 0 Å². The van der Waals surface area contributed by atoms with Gasteiger partial charge >= 0.3 is 0 Å². The van der Waals surface area contributed by atoms with E-state index in [1.54, 1.807) is 6.07 Å². The van der Waals surface area contributed by atoms with Crippen LogP contribution < -0.4 is 0 Å². The van der Waals surface area contributed by atoms with Gasteiger partial charge in [-0.25, -0.2) is 0 Å². The van der Waals surface area contributed by atoms with Crippen LogP contribution in [0, 0.1) is 0 Å². The van der Waals surface area contributed by atoms with Crippen LogP contribution in [0.2, 0.25) is 0 Å². The van der Waals surface area contributed by atoms with E-state index in [0.29, 0.717) is 11.1 Å². The van der Waals surface area contributed by atoms with Crippen molar-refractivity contribution in [1.82, 2.24) is 4.90 Å². The first-order valence-corrected chi connectivity index (χ1v) is 9.44. The molecule has 0 bridgehead atoms. The molecule has 1 aliphatic heterocycles. The molecule has 0 saturated heterocycles. The van der Waals surface area contributed by atoms with E-state index in [4.69, 9.17) is 4.42 Å². The van der Waals surface area contributed by atoms with Gasteiger partial charge in [0.05, 0.1) is 0 Å². The molecule has 0 aliphatic carbocycles. The Kier molecular flexibility index (Phi) is 3.08. The minimum atomic E-state index is -0.266. The number of imide groups is 1. The Hall–Kier alpha value is -3.92. The molecule has 0 fully saturated rings. The highest BCUT2D eigenvalue weighted by Gasteiger charge is 2.31. The number of hydrogen-bond acceptors (Lipinski definition) is 3. The van der Waals surface area contributed by atoms with Crippen LogP contribution in [0.25, 0.3) is 43.8 Å². The minimum Gasteiger partial charge on any atom is -0.456 e. The number of benzene rings is 4. The third kappa shape index (κ3) is 2.03.